The lowest BCUT2D eigenvalue weighted by Gasteiger charge is -2.16. The average Bonchev–Trinajstić information content (AvgIpc) is 2.86. The van der Waals surface area contributed by atoms with Crippen molar-refractivity contribution >= 4 is 29.1 Å². The van der Waals surface area contributed by atoms with Gasteiger partial charge in [0, 0.05) is 25.2 Å². The smallest absolute Gasteiger partial charge is 0.229 e. The van der Waals surface area contributed by atoms with Crippen molar-refractivity contribution < 1.29 is 9.59 Å². The number of carbonyl (C=O) groups is 2. The molecule has 22 heavy (non-hydrogen) atoms. The fourth-order valence-corrected chi connectivity index (χ4v) is 2.66. The first-order valence-corrected chi connectivity index (χ1v) is 7.71. The van der Waals surface area contributed by atoms with Gasteiger partial charge in [-0.15, -0.1) is 0 Å². The molecule has 0 aliphatic carbocycles. The Morgan fingerprint density at radius 1 is 1.55 bits per heavy atom. The maximum absolute atomic E-state index is 12.2. The number of likely N-dealkylation sites (tertiary alicyclic amines) is 1. The summed E-state index contributed by atoms with van der Waals surface area (Å²) in [6.07, 6.45) is 2.22. The van der Waals surface area contributed by atoms with Crippen LogP contribution in [0.15, 0.2) is 18.2 Å². The van der Waals surface area contributed by atoms with E-state index in [0.29, 0.717) is 29.4 Å². The molecule has 6 heteroatoms. The van der Waals surface area contributed by atoms with Crippen molar-refractivity contribution in [3.8, 4) is 6.07 Å². The Morgan fingerprint density at radius 3 is 2.95 bits per heavy atom. The van der Waals surface area contributed by atoms with Gasteiger partial charge in [-0.2, -0.15) is 5.26 Å². The monoisotopic (exact) mass is 319 g/mol. The van der Waals surface area contributed by atoms with Crippen LogP contribution in [0, 0.1) is 17.2 Å². The standard InChI is InChI=1S/C16H18ClN3O2/c1-2-3-6-20-10-12(7-15(20)21)16(22)19-13-5-4-11(9-18)14(17)8-13/h4-5,8,12H,2-3,6-7,10H2,1H3,(H,19,22). The predicted molar refractivity (Wildman–Crippen MR) is 84.4 cm³/mol. The van der Waals surface area contributed by atoms with Crippen LogP contribution < -0.4 is 5.32 Å². The molecule has 1 atom stereocenters. The molecule has 0 radical (unpaired) electrons. The van der Waals surface area contributed by atoms with Gasteiger partial charge in [0.25, 0.3) is 0 Å². The summed E-state index contributed by atoms with van der Waals surface area (Å²) in [6.45, 7) is 3.25. The van der Waals surface area contributed by atoms with Crippen LogP contribution in [0.3, 0.4) is 0 Å². The highest BCUT2D eigenvalue weighted by atomic mass is 35.5. The molecule has 1 heterocycles. The number of amides is 2. The lowest BCUT2D eigenvalue weighted by Crippen LogP contribution is -2.29. The van der Waals surface area contributed by atoms with E-state index in [1.54, 1.807) is 23.1 Å². The third-order valence-electron chi connectivity index (χ3n) is 3.72. The van der Waals surface area contributed by atoms with Crippen LogP contribution in [0.25, 0.3) is 0 Å². The molecule has 1 fully saturated rings. The molecule has 0 bridgehead atoms. The maximum atomic E-state index is 12.2. The second-order valence-corrected chi connectivity index (χ2v) is 5.80. The number of hydrogen-bond acceptors (Lipinski definition) is 3. The van der Waals surface area contributed by atoms with Crippen LogP contribution in [-0.2, 0) is 9.59 Å². The molecule has 1 aromatic carbocycles. The molecular weight excluding hydrogens is 302 g/mol. The molecule has 0 aromatic heterocycles. The van der Waals surface area contributed by atoms with Crippen LogP contribution in [0.5, 0.6) is 0 Å². The number of unbranched alkanes of at least 4 members (excludes halogenated alkanes) is 1. The SMILES string of the molecule is CCCCN1CC(C(=O)Nc2ccc(C#N)c(Cl)c2)CC1=O. The minimum atomic E-state index is -0.334. The number of carbonyl (C=O) groups excluding carboxylic acids is 2. The van der Waals surface area contributed by atoms with Gasteiger partial charge in [0.1, 0.15) is 6.07 Å². The zero-order valence-electron chi connectivity index (χ0n) is 12.4. The van der Waals surface area contributed by atoms with Crippen LogP contribution in [0.1, 0.15) is 31.7 Å². The van der Waals surface area contributed by atoms with Gasteiger partial charge in [0.05, 0.1) is 16.5 Å². The molecule has 116 valence electrons. The van der Waals surface area contributed by atoms with Crippen molar-refractivity contribution in [3.05, 3.63) is 28.8 Å². The fourth-order valence-electron chi connectivity index (χ4n) is 2.44. The first kappa shape index (κ1) is 16.3. The highest BCUT2D eigenvalue weighted by molar-refractivity contribution is 6.32. The average molecular weight is 320 g/mol. The first-order chi connectivity index (χ1) is 10.5. The van der Waals surface area contributed by atoms with Gasteiger partial charge in [-0.3, -0.25) is 9.59 Å². The lowest BCUT2D eigenvalue weighted by molar-refractivity contribution is -0.128. The summed E-state index contributed by atoms with van der Waals surface area (Å²) in [5, 5.41) is 11.9. The summed E-state index contributed by atoms with van der Waals surface area (Å²) in [7, 11) is 0. The van der Waals surface area contributed by atoms with Crippen LogP contribution >= 0.6 is 11.6 Å². The number of nitrogens with one attached hydrogen (secondary N) is 1. The Balaban J connectivity index is 1.97. The van der Waals surface area contributed by atoms with E-state index in [2.05, 4.69) is 12.2 Å². The van der Waals surface area contributed by atoms with Crippen LogP contribution in [0.2, 0.25) is 5.02 Å². The Labute approximate surface area is 134 Å². The summed E-state index contributed by atoms with van der Waals surface area (Å²) in [4.78, 5) is 25.9. The number of nitriles is 1. The summed E-state index contributed by atoms with van der Waals surface area (Å²) in [5.74, 6) is -0.488. The number of halogens is 1. The topological polar surface area (TPSA) is 73.2 Å². The van der Waals surface area contributed by atoms with E-state index in [4.69, 9.17) is 16.9 Å². The summed E-state index contributed by atoms with van der Waals surface area (Å²) >= 11 is 5.94. The molecule has 1 aliphatic rings. The molecule has 2 rings (SSSR count). The molecule has 1 aliphatic heterocycles. The summed E-state index contributed by atoms with van der Waals surface area (Å²) in [6, 6.07) is 6.71. The third kappa shape index (κ3) is 3.77. The van der Waals surface area contributed by atoms with E-state index < -0.39 is 0 Å². The van der Waals surface area contributed by atoms with Gasteiger partial charge < -0.3 is 10.2 Å². The van der Waals surface area contributed by atoms with Gasteiger partial charge in [-0.05, 0) is 24.6 Å². The summed E-state index contributed by atoms with van der Waals surface area (Å²) in [5.41, 5.74) is 0.898. The van der Waals surface area contributed by atoms with Crippen LogP contribution in [0.4, 0.5) is 5.69 Å². The van der Waals surface area contributed by atoms with Gasteiger partial charge in [-0.25, -0.2) is 0 Å². The van der Waals surface area contributed by atoms with Crippen molar-refractivity contribution in [1.29, 1.82) is 5.26 Å². The number of anilines is 1. The van der Waals surface area contributed by atoms with Gasteiger partial charge in [0.2, 0.25) is 11.8 Å². The van der Waals surface area contributed by atoms with Crippen molar-refractivity contribution in [2.45, 2.75) is 26.2 Å². The Bertz CT molecular complexity index is 624. The number of benzene rings is 1. The zero-order valence-corrected chi connectivity index (χ0v) is 13.2. The number of rotatable bonds is 5. The minimum absolute atomic E-state index is 0.0338. The number of nitrogens with zero attached hydrogens (tertiary/aromatic N) is 2. The van der Waals surface area contributed by atoms with E-state index in [1.165, 1.54) is 0 Å². The third-order valence-corrected chi connectivity index (χ3v) is 4.04. The van der Waals surface area contributed by atoms with Gasteiger partial charge >= 0.3 is 0 Å². The molecule has 1 saturated heterocycles. The van der Waals surface area contributed by atoms with Gasteiger partial charge in [-0.1, -0.05) is 24.9 Å². The highest BCUT2D eigenvalue weighted by Gasteiger charge is 2.33. The van der Waals surface area contributed by atoms with E-state index in [1.807, 2.05) is 6.07 Å². The summed E-state index contributed by atoms with van der Waals surface area (Å²) < 4.78 is 0. The largest absolute Gasteiger partial charge is 0.342 e. The molecule has 2 amide bonds. The normalized spacial score (nSPS) is 17.4. The highest BCUT2D eigenvalue weighted by Crippen LogP contribution is 2.23. The Morgan fingerprint density at radius 2 is 2.32 bits per heavy atom. The molecule has 5 nitrogen and oxygen atoms in total. The molecule has 1 unspecified atom stereocenters. The van der Waals surface area contributed by atoms with E-state index in [9.17, 15) is 9.59 Å². The predicted octanol–water partition coefficient (Wildman–Crippen LogP) is 2.80. The minimum Gasteiger partial charge on any atom is -0.342 e. The van der Waals surface area contributed by atoms with Crippen molar-refractivity contribution in [2.24, 2.45) is 5.92 Å². The molecule has 0 saturated carbocycles. The maximum Gasteiger partial charge on any atom is 0.229 e. The second-order valence-electron chi connectivity index (χ2n) is 5.39. The quantitative estimate of drug-likeness (QED) is 0.907. The fraction of sp³-hybridized carbons (Fsp3) is 0.438. The van der Waals surface area contributed by atoms with Crippen molar-refractivity contribution in [1.82, 2.24) is 4.90 Å². The molecule has 1 N–H and O–H groups in total. The van der Waals surface area contributed by atoms with Crippen LogP contribution in [-0.4, -0.2) is 29.8 Å². The Kier molecular flexibility index (Phi) is 5.40. The molecular formula is C16H18ClN3O2. The zero-order chi connectivity index (χ0) is 16.1. The van der Waals surface area contributed by atoms with E-state index >= 15 is 0 Å². The van der Waals surface area contributed by atoms with E-state index in [-0.39, 0.29) is 24.2 Å². The molecule has 0 spiro atoms. The lowest BCUT2D eigenvalue weighted by atomic mass is 10.1. The molecule has 1 aromatic rings. The van der Waals surface area contributed by atoms with Crippen molar-refractivity contribution in [2.75, 3.05) is 18.4 Å². The second kappa shape index (κ2) is 7.28. The van der Waals surface area contributed by atoms with Gasteiger partial charge in [0.15, 0.2) is 0 Å². The number of hydrogen-bond donors (Lipinski definition) is 1. The van der Waals surface area contributed by atoms with E-state index in [0.717, 1.165) is 12.8 Å². The Hall–Kier alpha value is -2.06. The van der Waals surface area contributed by atoms with Crippen molar-refractivity contribution in [3.63, 3.8) is 0 Å². The first-order valence-electron chi connectivity index (χ1n) is 7.33.